The normalized spacial score (nSPS) is 14.0. The van der Waals surface area contributed by atoms with E-state index in [0.29, 0.717) is 0 Å². The predicted octanol–water partition coefficient (Wildman–Crippen LogP) is 3.54. The molecule has 1 N–H and O–H groups in total. The number of hydrogen-bond acceptors (Lipinski definition) is 4. The van der Waals surface area contributed by atoms with E-state index in [1.165, 1.54) is 0 Å². The van der Waals surface area contributed by atoms with Crippen LogP contribution in [0.25, 0.3) is 5.76 Å². The Morgan fingerprint density at radius 3 is 1.87 bits per heavy atom. The SMILES string of the molecule is O=C(/C=C(\O)c1cc(C(F)(F)F)nc(C(F)(F)F)n1)C(F)(F)F. The van der Waals surface area contributed by atoms with Gasteiger partial charge in [-0.25, -0.2) is 9.97 Å². The lowest BCUT2D eigenvalue weighted by atomic mass is 10.2. The van der Waals surface area contributed by atoms with Crippen molar-refractivity contribution >= 4 is 11.5 Å². The van der Waals surface area contributed by atoms with Crippen LogP contribution < -0.4 is 0 Å². The van der Waals surface area contributed by atoms with Crippen LogP contribution in [0.15, 0.2) is 12.1 Å². The maximum atomic E-state index is 12.4. The van der Waals surface area contributed by atoms with Gasteiger partial charge in [0.25, 0.3) is 5.78 Å². The highest BCUT2D eigenvalue weighted by atomic mass is 19.4. The molecule has 0 aliphatic carbocycles. The highest BCUT2D eigenvalue weighted by molar-refractivity contribution is 5.98. The first-order valence-corrected chi connectivity index (χ1v) is 5.18. The van der Waals surface area contributed by atoms with E-state index in [0.717, 1.165) is 0 Å². The summed E-state index contributed by atoms with van der Waals surface area (Å²) in [6, 6.07) is -0.231. The van der Waals surface area contributed by atoms with Crippen molar-refractivity contribution in [3.8, 4) is 0 Å². The summed E-state index contributed by atoms with van der Waals surface area (Å²) in [5.41, 5.74) is -3.70. The second-order valence-corrected chi connectivity index (χ2v) is 3.85. The fourth-order valence-corrected chi connectivity index (χ4v) is 1.13. The summed E-state index contributed by atoms with van der Waals surface area (Å²) in [7, 11) is 0. The third kappa shape index (κ3) is 4.82. The van der Waals surface area contributed by atoms with Crippen LogP contribution in [0, 0.1) is 0 Å². The number of carbonyl (C=O) groups is 1. The number of aromatic nitrogens is 2. The van der Waals surface area contributed by atoms with Gasteiger partial charge < -0.3 is 5.11 Å². The van der Waals surface area contributed by atoms with Crippen LogP contribution in [0.4, 0.5) is 39.5 Å². The van der Waals surface area contributed by atoms with Gasteiger partial charge in [-0.1, -0.05) is 0 Å². The third-order valence-corrected chi connectivity index (χ3v) is 2.08. The first-order valence-electron chi connectivity index (χ1n) is 5.18. The van der Waals surface area contributed by atoms with Gasteiger partial charge in [0.05, 0.1) is 0 Å². The van der Waals surface area contributed by atoms with E-state index in [2.05, 4.69) is 9.97 Å². The van der Waals surface area contributed by atoms with Gasteiger partial charge in [0, 0.05) is 6.08 Å². The molecule has 0 aliphatic rings. The van der Waals surface area contributed by atoms with Gasteiger partial charge >= 0.3 is 18.5 Å². The number of aliphatic hydroxyl groups is 1. The van der Waals surface area contributed by atoms with Crippen LogP contribution in [0.3, 0.4) is 0 Å². The highest BCUT2D eigenvalue weighted by Crippen LogP contribution is 2.33. The molecule has 0 fully saturated rings. The lowest BCUT2D eigenvalue weighted by Gasteiger charge is -2.11. The number of rotatable bonds is 2. The molecule has 23 heavy (non-hydrogen) atoms. The molecule has 1 aromatic rings. The van der Waals surface area contributed by atoms with Crippen molar-refractivity contribution in [2.75, 3.05) is 0 Å². The van der Waals surface area contributed by atoms with Crippen LogP contribution in [0.2, 0.25) is 0 Å². The van der Waals surface area contributed by atoms with E-state index in [-0.39, 0.29) is 6.07 Å². The highest BCUT2D eigenvalue weighted by Gasteiger charge is 2.41. The molecule has 0 radical (unpaired) electrons. The van der Waals surface area contributed by atoms with E-state index in [1.54, 1.807) is 0 Å². The fourth-order valence-electron chi connectivity index (χ4n) is 1.13. The Morgan fingerprint density at radius 1 is 0.957 bits per heavy atom. The molecular formula is C10H3F9N2O2. The Morgan fingerprint density at radius 2 is 1.48 bits per heavy atom. The topological polar surface area (TPSA) is 63.1 Å². The van der Waals surface area contributed by atoms with E-state index < -0.39 is 53.4 Å². The summed E-state index contributed by atoms with van der Waals surface area (Å²) in [5.74, 6) is -6.87. The molecule has 0 bridgehead atoms. The molecule has 1 heterocycles. The van der Waals surface area contributed by atoms with Crippen LogP contribution >= 0.6 is 0 Å². The number of nitrogens with zero attached hydrogens (tertiary/aromatic N) is 2. The zero-order valence-electron chi connectivity index (χ0n) is 10.3. The first-order chi connectivity index (χ1) is 10.1. The zero-order chi connectivity index (χ0) is 18.2. The van der Waals surface area contributed by atoms with Crippen LogP contribution in [-0.2, 0) is 17.1 Å². The first kappa shape index (κ1) is 18.7. The molecule has 0 spiro atoms. The lowest BCUT2D eigenvalue weighted by Crippen LogP contribution is -2.21. The Labute approximate surface area is 120 Å². The van der Waals surface area contributed by atoms with Gasteiger partial charge in [0.15, 0.2) is 0 Å². The minimum Gasteiger partial charge on any atom is -0.506 e. The molecule has 0 amide bonds. The average molecular weight is 354 g/mol. The maximum absolute atomic E-state index is 12.4. The molecule has 13 heteroatoms. The molecule has 0 aliphatic heterocycles. The van der Waals surface area contributed by atoms with Crippen molar-refractivity contribution in [1.29, 1.82) is 0 Å². The largest absolute Gasteiger partial charge is 0.506 e. The quantitative estimate of drug-likeness (QED) is 0.501. The Balaban J connectivity index is 3.47. The van der Waals surface area contributed by atoms with Gasteiger partial charge in [0.2, 0.25) is 5.82 Å². The predicted molar refractivity (Wildman–Crippen MR) is 53.7 cm³/mol. The summed E-state index contributed by atoms with van der Waals surface area (Å²) < 4.78 is 110. The van der Waals surface area contributed by atoms with E-state index in [1.807, 2.05) is 0 Å². The zero-order valence-corrected chi connectivity index (χ0v) is 10.3. The number of aliphatic hydroxyl groups excluding tert-OH is 1. The summed E-state index contributed by atoms with van der Waals surface area (Å²) >= 11 is 0. The van der Waals surface area contributed by atoms with Gasteiger partial charge in [-0.05, 0) is 6.07 Å². The average Bonchev–Trinajstić information content (AvgIpc) is 2.34. The van der Waals surface area contributed by atoms with Gasteiger partial charge in [0.1, 0.15) is 17.1 Å². The summed E-state index contributed by atoms with van der Waals surface area (Å²) in [4.78, 5) is 15.2. The molecule has 128 valence electrons. The second-order valence-electron chi connectivity index (χ2n) is 3.85. The van der Waals surface area contributed by atoms with E-state index in [9.17, 15) is 44.3 Å². The van der Waals surface area contributed by atoms with Gasteiger partial charge in [-0.3, -0.25) is 4.79 Å². The molecule has 0 atom stereocenters. The van der Waals surface area contributed by atoms with Crippen LogP contribution in [0.1, 0.15) is 17.2 Å². The van der Waals surface area contributed by atoms with Crippen molar-refractivity contribution < 1.29 is 49.4 Å². The standard InChI is InChI=1S/C10H3F9N2O2/c11-8(12,13)5-1-3(20-7(21-5)10(17,18)19)4(22)2-6(23)9(14,15)16/h1-2,22H/b4-2-. The molecule has 0 saturated carbocycles. The number of allylic oxidation sites excluding steroid dienone is 1. The Bertz CT molecular complexity index is 611. The van der Waals surface area contributed by atoms with Crippen molar-refractivity contribution in [1.82, 2.24) is 9.97 Å². The molecule has 1 aromatic heterocycles. The van der Waals surface area contributed by atoms with Crippen molar-refractivity contribution in [3.63, 3.8) is 0 Å². The van der Waals surface area contributed by atoms with E-state index >= 15 is 0 Å². The molecule has 1 rings (SSSR count). The second kappa shape index (κ2) is 5.70. The Kier molecular flexibility index (Phi) is 4.64. The fraction of sp³-hybridized carbons (Fsp3) is 0.300. The van der Waals surface area contributed by atoms with E-state index in [4.69, 9.17) is 5.11 Å². The summed E-state index contributed by atoms with van der Waals surface area (Å²) in [6.45, 7) is 0. The van der Waals surface area contributed by atoms with Crippen molar-refractivity contribution in [2.45, 2.75) is 18.5 Å². The number of halogens is 9. The number of hydrogen-bond donors (Lipinski definition) is 1. The third-order valence-electron chi connectivity index (χ3n) is 2.08. The number of alkyl halides is 9. The molecule has 0 saturated heterocycles. The minimum atomic E-state index is -5.49. The summed E-state index contributed by atoms with van der Waals surface area (Å²) in [6.07, 6.45) is -16.9. The Hall–Kier alpha value is -2.34. The molecular weight excluding hydrogens is 351 g/mol. The van der Waals surface area contributed by atoms with Crippen LogP contribution in [-0.4, -0.2) is 27.0 Å². The van der Waals surface area contributed by atoms with Gasteiger partial charge in [-0.15, -0.1) is 0 Å². The smallest absolute Gasteiger partial charge is 0.454 e. The summed E-state index contributed by atoms with van der Waals surface area (Å²) in [5, 5.41) is 9.15. The number of carbonyl (C=O) groups excluding carboxylic acids is 1. The molecule has 4 nitrogen and oxygen atoms in total. The van der Waals surface area contributed by atoms with Crippen LogP contribution in [0.5, 0.6) is 0 Å². The minimum absolute atomic E-state index is 0.231. The lowest BCUT2D eigenvalue weighted by molar-refractivity contribution is -0.165. The van der Waals surface area contributed by atoms with Crippen molar-refractivity contribution in [2.24, 2.45) is 0 Å². The van der Waals surface area contributed by atoms with Crippen molar-refractivity contribution in [3.05, 3.63) is 29.4 Å². The molecule has 0 unspecified atom stereocenters. The molecule has 0 aromatic carbocycles. The number of ketones is 1. The monoisotopic (exact) mass is 354 g/mol. The van der Waals surface area contributed by atoms with Gasteiger partial charge in [-0.2, -0.15) is 39.5 Å². The maximum Gasteiger partial charge on any atom is 0.454 e.